The van der Waals surface area contributed by atoms with E-state index in [1.165, 1.54) is 25.4 Å². The number of fused-ring (bicyclic) bond motifs is 2. The molecule has 1 atom stereocenters. The zero-order valence-corrected chi connectivity index (χ0v) is 20.2. The molecule has 3 aromatic rings. The minimum Gasteiger partial charge on any atom is -0.486 e. The molecule has 2 aliphatic rings. The van der Waals surface area contributed by atoms with Gasteiger partial charge in [0.2, 0.25) is 15.9 Å². The van der Waals surface area contributed by atoms with Crippen molar-refractivity contribution in [3.05, 3.63) is 47.9 Å². The Labute approximate surface area is 203 Å². The summed E-state index contributed by atoms with van der Waals surface area (Å²) in [5.41, 5.74) is 1.64. The van der Waals surface area contributed by atoms with Gasteiger partial charge < -0.3 is 19.1 Å². The summed E-state index contributed by atoms with van der Waals surface area (Å²) in [6.45, 7) is 3.36. The predicted octanol–water partition coefficient (Wildman–Crippen LogP) is 2.39. The standard InChI is InChI=1S/C24H27FN4O5S/c1-32-23-5-3-20-24(28-23)18(19(25)14-26-20)7-9-29-8-6-16(15-29)13-27-35(30,31)17-2-4-21-22(12-17)34-11-10-33-21/h2-5,12,14,16,27H,6-11,13,15H2,1H3/t16-/m0/s1. The maximum Gasteiger partial charge on any atom is 0.240 e. The van der Waals surface area contributed by atoms with E-state index in [9.17, 15) is 12.8 Å². The van der Waals surface area contributed by atoms with Gasteiger partial charge in [-0.15, -0.1) is 0 Å². The van der Waals surface area contributed by atoms with Crippen molar-refractivity contribution >= 4 is 21.1 Å². The van der Waals surface area contributed by atoms with Gasteiger partial charge in [0.05, 0.1) is 29.2 Å². The van der Waals surface area contributed by atoms with Gasteiger partial charge in [0, 0.05) is 37.3 Å². The van der Waals surface area contributed by atoms with Crippen molar-refractivity contribution < 1.29 is 27.0 Å². The second-order valence-corrected chi connectivity index (χ2v) is 10.4. The van der Waals surface area contributed by atoms with Crippen LogP contribution >= 0.6 is 0 Å². The van der Waals surface area contributed by atoms with Crippen molar-refractivity contribution in [1.29, 1.82) is 0 Å². The largest absolute Gasteiger partial charge is 0.486 e. The number of methoxy groups -OCH3 is 1. The van der Waals surface area contributed by atoms with Gasteiger partial charge in [0.1, 0.15) is 19.0 Å². The van der Waals surface area contributed by atoms with Crippen LogP contribution in [0, 0.1) is 11.7 Å². The number of sulfonamides is 1. The normalized spacial score (nSPS) is 18.2. The molecule has 2 aromatic heterocycles. The average Bonchev–Trinajstić information content (AvgIpc) is 3.34. The van der Waals surface area contributed by atoms with Crippen molar-refractivity contribution in [3.63, 3.8) is 0 Å². The van der Waals surface area contributed by atoms with E-state index in [0.29, 0.717) is 66.7 Å². The van der Waals surface area contributed by atoms with Gasteiger partial charge in [0.25, 0.3) is 0 Å². The number of hydrogen-bond acceptors (Lipinski definition) is 8. The lowest BCUT2D eigenvalue weighted by Gasteiger charge is -2.19. The fraction of sp³-hybridized carbons (Fsp3) is 0.417. The van der Waals surface area contributed by atoms with Gasteiger partial charge in [0.15, 0.2) is 11.5 Å². The Kier molecular flexibility index (Phi) is 6.72. The summed E-state index contributed by atoms with van der Waals surface area (Å²) in [6, 6.07) is 8.10. The third-order valence-electron chi connectivity index (χ3n) is 6.38. The Morgan fingerprint density at radius 3 is 2.86 bits per heavy atom. The molecule has 0 saturated carbocycles. The number of nitrogens with zero attached hydrogens (tertiary/aromatic N) is 3. The Hall–Kier alpha value is -3.02. The van der Waals surface area contributed by atoms with Gasteiger partial charge in [-0.3, -0.25) is 4.98 Å². The van der Waals surface area contributed by atoms with Crippen LogP contribution in [0.5, 0.6) is 17.4 Å². The average molecular weight is 503 g/mol. The quantitative estimate of drug-likeness (QED) is 0.501. The number of aromatic nitrogens is 2. The van der Waals surface area contributed by atoms with E-state index in [-0.39, 0.29) is 16.6 Å². The third-order valence-corrected chi connectivity index (χ3v) is 7.80. The Morgan fingerprint density at radius 1 is 1.20 bits per heavy atom. The summed E-state index contributed by atoms with van der Waals surface area (Å²) in [4.78, 5) is 10.9. The summed E-state index contributed by atoms with van der Waals surface area (Å²) in [5, 5.41) is 0. The van der Waals surface area contributed by atoms with E-state index < -0.39 is 10.0 Å². The molecule has 1 aromatic carbocycles. The summed E-state index contributed by atoms with van der Waals surface area (Å²) in [5.74, 6) is 1.18. The van der Waals surface area contributed by atoms with Crippen molar-refractivity contribution in [2.45, 2.75) is 17.7 Å². The maximum atomic E-state index is 14.6. The molecule has 1 N–H and O–H groups in total. The Morgan fingerprint density at radius 2 is 2.03 bits per heavy atom. The molecule has 0 amide bonds. The minimum atomic E-state index is -3.67. The SMILES string of the molecule is COc1ccc2ncc(F)c(CCN3CC[C@@H](CNS(=O)(=O)c4ccc5c(c4)OCCO5)C3)c2n1. The predicted molar refractivity (Wildman–Crippen MR) is 127 cm³/mol. The zero-order chi connectivity index (χ0) is 24.4. The lowest BCUT2D eigenvalue weighted by atomic mass is 10.1. The van der Waals surface area contributed by atoms with Gasteiger partial charge in [-0.25, -0.2) is 22.5 Å². The van der Waals surface area contributed by atoms with Gasteiger partial charge in [-0.1, -0.05) is 0 Å². The summed E-state index contributed by atoms with van der Waals surface area (Å²) in [6.07, 6.45) is 2.56. The number of pyridine rings is 2. The first-order valence-corrected chi connectivity index (χ1v) is 13.0. The highest BCUT2D eigenvalue weighted by Gasteiger charge is 2.26. The van der Waals surface area contributed by atoms with Gasteiger partial charge in [-0.2, -0.15) is 0 Å². The van der Waals surface area contributed by atoms with Crippen molar-refractivity contribution in [2.75, 3.05) is 46.5 Å². The molecule has 1 saturated heterocycles. The van der Waals surface area contributed by atoms with E-state index in [1.54, 1.807) is 18.2 Å². The van der Waals surface area contributed by atoms with Gasteiger partial charge >= 0.3 is 0 Å². The van der Waals surface area contributed by atoms with E-state index in [4.69, 9.17) is 14.2 Å². The van der Waals surface area contributed by atoms with E-state index in [1.807, 2.05) is 0 Å². The molecule has 0 spiro atoms. The van der Waals surface area contributed by atoms with Crippen LogP contribution in [0.4, 0.5) is 4.39 Å². The molecule has 0 bridgehead atoms. The van der Waals surface area contributed by atoms with Crippen LogP contribution in [0.15, 0.2) is 41.4 Å². The second kappa shape index (κ2) is 9.92. The number of likely N-dealkylation sites (tertiary alicyclic amines) is 1. The van der Waals surface area contributed by atoms with Crippen LogP contribution in [-0.4, -0.2) is 69.8 Å². The van der Waals surface area contributed by atoms with E-state index in [2.05, 4.69) is 19.6 Å². The number of halogens is 1. The van der Waals surface area contributed by atoms with Crippen molar-refractivity contribution in [3.8, 4) is 17.4 Å². The van der Waals surface area contributed by atoms with Crippen LogP contribution in [0.3, 0.4) is 0 Å². The van der Waals surface area contributed by atoms with Crippen LogP contribution < -0.4 is 18.9 Å². The van der Waals surface area contributed by atoms with E-state index in [0.717, 1.165) is 19.5 Å². The van der Waals surface area contributed by atoms with Gasteiger partial charge in [-0.05, 0) is 43.5 Å². The lowest BCUT2D eigenvalue weighted by Crippen LogP contribution is -2.31. The van der Waals surface area contributed by atoms with E-state index >= 15 is 0 Å². The molecule has 0 aliphatic carbocycles. The highest BCUT2D eigenvalue weighted by atomic mass is 32.2. The molecule has 11 heteroatoms. The molecule has 5 rings (SSSR count). The number of ether oxygens (including phenoxy) is 3. The smallest absolute Gasteiger partial charge is 0.240 e. The molecule has 186 valence electrons. The summed E-state index contributed by atoms with van der Waals surface area (Å²) >= 11 is 0. The molecule has 4 heterocycles. The monoisotopic (exact) mass is 502 g/mol. The van der Waals surface area contributed by atoms with Crippen molar-refractivity contribution in [2.24, 2.45) is 5.92 Å². The fourth-order valence-electron chi connectivity index (χ4n) is 4.48. The fourth-order valence-corrected chi connectivity index (χ4v) is 5.61. The second-order valence-electron chi connectivity index (χ2n) is 8.67. The third kappa shape index (κ3) is 5.16. The number of benzene rings is 1. The Balaban J connectivity index is 1.18. The minimum absolute atomic E-state index is 0.152. The highest BCUT2D eigenvalue weighted by molar-refractivity contribution is 7.89. The van der Waals surface area contributed by atoms with Crippen molar-refractivity contribution in [1.82, 2.24) is 19.6 Å². The first-order chi connectivity index (χ1) is 16.9. The zero-order valence-electron chi connectivity index (χ0n) is 19.4. The Bertz CT molecular complexity index is 1340. The number of nitrogens with one attached hydrogen (secondary N) is 1. The highest BCUT2D eigenvalue weighted by Crippen LogP contribution is 2.32. The molecule has 0 radical (unpaired) electrons. The van der Waals surface area contributed by atoms with Crippen LogP contribution in [-0.2, 0) is 16.4 Å². The maximum absolute atomic E-state index is 14.6. The number of hydrogen-bond donors (Lipinski definition) is 1. The summed E-state index contributed by atoms with van der Waals surface area (Å²) < 4.78 is 59.0. The van der Waals surface area contributed by atoms with Crippen LogP contribution in [0.25, 0.3) is 11.0 Å². The molecule has 9 nitrogen and oxygen atoms in total. The van der Waals surface area contributed by atoms with Crippen LogP contribution in [0.2, 0.25) is 0 Å². The lowest BCUT2D eigenvalue weighted by molar-refractivity contribution is 0.171. The molecule has 0 unspecified atom stereocenters. The summed E-state index contributed by atoms with van der Waals surface area (Å²) in [7, 11) is -2.15. The van der Waals surface area contributed by atoms with Crippen LogP contribution in [0.1, 0.15) is 12.0 Å². The first kappa shape index (κ1) is 23.7. The molecule has 35 heavy (non-hydrogen) atoms. The molecule has 1 fully saturated rings. The molecular weight excluding hydrogens is 475 g/mol. The first-order valence-electron chi connectivity index (χ1n) is 11.5. The molecule has 2 aliphatic heterocycles. The molecular formula is C24H27FN4O5S. The topological polar surface area (TPSA) is 103 Å². The number of rotatable bonds is 8.